The molecule has 0 aliphatic carbocycles. The SMILES string of the molecule is Cc1cc(NC(=O)c2cncc(C#Cc3cnc4cccnn34)c2)ccc1CN1CC(N(C)C)C1. The highest BCUT2D eigenvalue weighted by molar-refractivity contribution is 6.04. The zero-order chi connectivity index (χ0) is 24.4. The first-order valence-corrected chi connectivity index (χ1v) is 11.5. The zero-order valence-electron chi connectivity index (χ0n) is 20.1. The Morgan fingerprint density at radius 1 is 1.14 bits per heavy atom. The lowest BCUT2D eigenvalue weighted by atomic mass is 10.0. The van der Waals surface area contributed by atoms with Crippen LogP contribution in [0.4, 0.5) is 5.69 Å². The maximum absolute atomic E-state index is 12.9. The Morgan fingerprint density at radius 3 is 2.80 bits per heavy atom. The molecule has 0 radical (unpaired) electrons. The van der Waals surface area contributed by atoms with Crippen LogP contribution in [0.3, 0.4) is 0 Å². The topological polar surface area (TPSA) is 78.7 Å². The normalized spacial score (nSPS) is 13.9. The molecule has 3 aromatic heterocycles. The third-order valence-corrected chi connectivity index (χ3v) is 6.28. The molecular formula is C27H27N7O. The molecule has 0 bridgehead atoms. The Hall–Kier alpha value is -4.06. The number of likely N-dealkylation sites (N-methyl/N-ethyl adjacent to an activating group) is 1. The van der Waals surface area contributed by atoms with E-state index < -0.39 is 0 Å². The average Bonchev–Trinajstić information content (AvgIpc) is 3.24. The van der Waals surface area contributed by atoms with Crippen LogP contribution in [-0.4, -0.2) is 68.5 Å². The van der Waals surface area contributed by atoms with Crippen LogP contribution in [0, 0.1) is 18.8 Å². The predicted octanol–water partition coefficient (Wildman–Crippen LogP) is 2.83. The summed E-state index contributed by atoms with van der Waals surface area (Å²) in [6.07, 6.45) is 6.54. The van der Waals surface area contributed by atoms with Gasteiger partial charge in [0.1, 0.15) is 5.69 Å². The number of rotatable bonds is 5. The quantitative estimate of drug-likeness (QED) is 0.457. The summed E-state index contributed by atoms with van der Waals surface area (Å²) in [6.45, 7) is 5.19. The van der Waals surface area contributed by atoms with Crippen molar-refractivity contribution in [3.8, 4) is 11.8 Å². The van der Waals surface area contributed by atoms with Crippen molar-refractivity contribution in [2.24, 2.45) is 0 Å². The van der Waals surface area contributed by atoms with Crippen LogP contribution in [0.2, 0.25) is 0 Å². The van der Waals surface area contributed by atoms with E-state index in [4.69, 9.17) is 0 Å². The lowest BCUT2D eigenvalue weighted by Gasteiger charge is -2.43. The van der Waals surface area contributed by atoms with Gasteiger partial charge in [-0.05, 0) is 68.4 Å². The second kappa shape index (κ2) is 9.66. The molecule has 1 aromatic carbocycles. The Kier molecular flexibility index (Phi) is 6.27. The van der Waals surface area contributed by atoms with Gasteiger partial charge in [-0.1, -0.05) is 12.0 Å². The van der Waals surface area contributed by atoms with Gasteiger partial charge in [-0.15, -0.1) is 0 Å². The highest BCUT2D eigenvalue weighted by atomic mass is 16.1. The van der Waals surface area contributed by atoms with E-state index in [0.29, 0.717) is 22.9 Å². The number of carbonyl (C=O) groups is 1. The molecule has 4 heterocycles. The van der Waals surface area contributed by atoms with Crippen molar-refractivity contribution in [3.05, 3.63) is 89.1 Å². The van der Waals surface area contributed by atoms with Crippen LogP contribution in [0.25, 0.3) is 5.65 Å². The number of aromatic nitrogens is 4. The number of fused-ring (bicyclic) bond motifs is 1. The molecule has 8 nitrogen and oxygen atoms in total. The molecule has 35 heavy (non-hydrogen) atoms. The van der Waals surface area contributed by atoms with E-state index in [2.05, 4.69) is 69.1 Å². The Morgan fingerprint density at radius 2 is 2.00 bits per heavy atom. The third kappa shape index (κ3) is 5.06. The maximum atomic E-state index is 12.9. The highest BCUT2D eigenvalue weighted by Crippen LogP contribution is 2.21. The molecule has 5 rings (SSSR count). The van der Waals surface area contributed by atoms with Crippen LogP contribution in [0.5, 0.6) is 0 Å². The first kappa shape index (κ1) is 22.7. The van der Waals surface area contributed by atoms with Gasteiger partial charge in [-0.2, -0.15) is 5.10 Å². The van der Waals surface area contributed by atoms with Crippen molar-refractivity contribution < 1.29 is 4.79 Å². The number of pyridine rings is 1. The van der Waals surface area contributed by atoms with Gasteiger partial charge in [0.15, 0.2) is 5.65 Å². The Bertz CT molecular complexity index is 1440. The fraction of sp³-hybridized carbons (Fsp3) is 0.259. The fourth-order valence-electron chi connectivity index (χ4n) is 4.08. The van der Waals surface area contributed by atoms with Gasteiger partial charge in [-0.3, -0.25) is 14.7 Å². The van der Waals surface area contributed by atoms with Gasteiger partial charge in [0.25, 0.3) is 5.91 Å². The molecule has 1 aliphatic heterocycles. The molecule has 176 valence electrons. The minimum Gasteiger partial charge on any atom is -0.322 e. The molecule has 0 unspecified atom stereocenters. The van der Waals surface area contributed by atoms with Crippen molar-refractivity contribution >= 4 is 17.2 Å². The molecule has 8 heteroatoms. The van der Waals surface area contributed by atoms with E-state index in [0.717, 1.165) is 36.5 Å². The third-order valence-electron chi connectivity index (χ3n) is 6.28. The minimum absolute atomic E-state index is 0.221. The van der Waals surface area contributed by atoms with Gasteiger partial charge < -0.3 is 10.2 Å². The fourth-order valence-corrected chi connectivity index (χ4v) is 4.08. The maximum Gasteiger partial charge on any atom is 0.257 e. The van der Waals surface area contributed by atoms with Crippen LogP contribution < -0.4 is 5.32 Å². The number of hydrogen-bond acceptors (Lipinski definition) is 6. The first-order chi connectivity index (χ1) is 17.0. The van der Waals surface area contributed by atoms with E-state index in [9.17, 15) is 4.79 Å². The largest absolute Gasteiger partial charge is 0.322 e. The van der Waals surface area contributed by atoms with E-state index >= 15 is 0 Å². The van der Waals surface area contributed by atoms with Gasteiger partial charge >= 0.3 is 0 Å². The summed E-state index contributed by atoms with van der Waals surface area (Å²) < 4.78 is 1.67. The molecule has 0 saturated carbocycles. The van der Waals surface area contributed by atoms with Gasteiger partial charge in [-0.25, -0.2) is 9.50 Å². The number of hydrogen-bond donors (Lipinski definition) is 1. The summed E-state index contributed by atoms with van der Waals surface area (Å²) in [5.41, 5.74) is 5.69. The van der Waals surface area contributed by atoms with Crippen LogP contribution in [-0.2, 0) is 6.54 Å². The monoisotopic (exact) mass is 465 g/mol. The molecule has 1 aliphatic rings. The number of carbonyl (C=O) groups excluding carboxylic acids is 1. The van der Waals surface area contributed by atoms with Gasteiger partial charge in [0.05, 0.1) is 11.8 Å². The molecule has 4 aromatic rings. The van der Waals surface area contributed by atoms with Gasteiger partial charge in [0, 0.05) is 55.5 Å². The molecule has 1 fully saturated rings. The second-order valence-electron chi connectivity index (χ2n) is 9.06. The van der Waals surface area contributed by atoms with Crippen molar-refractivity contribution in [1.82, 2.24) is 29.4 Å². The number of imidazole rings is 1. The van der Waals surface area contributed by atoms with E-state index in [1.54, 1.807) is 35.4 Å². The number of nitrogens with zero attached hydrogens (tertiary/aromatic N) is 6. The molecule has 1 saturated heterocycles. The van der Waals surface area contributed by atoms with E-state index in [1.807, 2.05) is 24.3 Å². The van der Waals surface area contributed by atoms with Crippen molar-refractivity contribution in [3.63, 3.8) is 0 Å². The van der Waals surface area contributed by atoms with Crippen LogP contribution >= 0.6 is 0 Å². The van der Waals surface area contributed by atoms with Crippen LogP contribution in [0.15, 0.2) is 61.2 Å². The van der Waals surface area contributed by atoms with E-state index in [-0.39, 0.29) is 5.91 Å². The lowest BCUT2D eigenvalue weighted by Crippen LogP contribution is -2.56. The summed E-state index contributed by atoms with van der Waals surface area (Å²) in [4.78, 5) is 26.1. The molecule has 1 N–H and O–H groups in total. The van der Waals surface area contributed by atoms with Crippen molar-refractivity contribution in [2.75, 3.05) is 32.5 Å². The zero-order valence-corrected chi connectivity index (χ0v) is 20.1. The summed E-state index contributed by atoms with van der Waals surface area (Å²) in [5, 5.41) is 7.24. The number of amides is 1. The van der Waals surface area contributed by atoms with E-state index in [1.165, 1.54) is 5.56 Å². The number of benzene rings is 1. The average molecular weight is 466 g/mol. The number of anilines is 1. The van der Waals surface area contributed by atoms with Crippen molar-refractivity contribution in [2.45, 2.75) is 19.5 Å². The van der Waals surface area contributed by atoms with Gasteiger partial charge in [0.2, 0.25) is 0 Å². The lowest BCUT2D eigenvalue weighted by molar-refractivity contribution is 0.0572. The Labute approximate surface area is 204 Å². The summed E-state index contributed by atoms with van der Waals surface area (Å²) >= 11 is 0. The Balaban J connectivity index is 1.24. The molecule has 0 spiro atoms. The van der Waals surface area contributed by atoms with Crippen LogP contribution in [0.1, 0.15) is 32.7 Å². The number of aryl methyl sites for hydroxylation is 1. The minimum atomic E-state index is -0.221. The standard InChI is InChI=1S/C27H27N7O/c1-19-11-23(8-7-21(19)16-33-17-25(18-33)32(2)3)31-27(35)22-12-20(13-28-14-22)6-9-24-15-29-26-5-4-10-30-34(24)26/h4-5,7-8,10-15,25H,16-18H2,1-3H3,(H,31,35). The smallest absolute Gasteiger partial charge is 0.257 e. The number of nitrogens with one attached hydrogen (secondary N) is 1. The second-order valence-corrected chi connectivity index (χ2v) is 9.06. The molecule has 1 amide bonds. The molecular weight excluding hydrogens is 438 g/mol. The van der Waals surface area contributed by atoms with Crippen molar-refractivity contribution in [1.29, 1.82) is 0 Å². The molecule has 0 atom stereocenters. The predicted molar refractivity (Wildman–Crippen MR) is 135 cm³/mol. The highest BCUT2D eigenvalue weighted by Gasteiger charge is 2.28. The summed E-state index contributed by atoms with van der Waals surface area (Å²) in [7, 11) is 4.25. The first-order valence-electron chi connectivity index (χ1n) is 11.5. The number of likely N-dealkylation sites (tertiary alicyclic amines) is 1. The summed E-state index contributed by atoms with van der Waals surface area (Å²) in [6, 6.07) is 12.1. The summed E-state index contributed by atoms with van der Waals surface area (Å²) in [5.74, 6) is 5.89.